The normalized spacial score (nSPS) is 10.1. The summed E-state index contributed by atoms with van der Waals surface area (Å²) in [6.45, 7) is 0.244. The number of nitrogens with zero attached hydrogens (tertiary/aromatic N) is 2. The Morgan fingerprint density at radius 1 is 1.33 bits per heavy atom. The van der Waals surface area contributed by atoms with E-state index in [9.17, 15) is 0 Å². The number of benzene rings is 1. The van der Waals surface area contributed by atoms with Crippen molar-refractivity contribution >= 4 is 17.5 Å². The number of ether oxygens (including phenoxy) is 1. The van der Waals surface area contributed by atoms with E-state index in [1.54, 1.807) is 24.4 Å². The number of rotatable bonds is 5. The molecule has 6 nitrogen and oxygen atoms in total. The molecule has 1 aromatic carbocycles. The van der Waals surface area contributed by atoms with Gasteiger partial charge in [0.05, 0.1) is 6.61 Å². The van der Waals surface area contributed by atoms with Crippen LogP contribution in [0.5, 0.6) is 5.75 Å². The molecule has 0 atom stereocenters. The first-order valence-electron chi connectivity index (χ1n) is 5.47. The highest BCUT2D eigenvalue weighted by Crippen LogP contribution is 2.19. The SMILES string of the molecule is Nc1ccnc(Nc2cccc(OCCO)c2)n1. The van der Waals surface area contributed by atoms with Crippen LogP contribution < -0.4 is 15.8 Å². The van der Waals surface area contributed by atoms with Crippen molar-refractivity contribution in [3.8, 4) is 5.75 Å². The minimum absolute atomic E-state index is 0.0179. The van der Waals surface area contributed by atoms with E-state index in [4.69, 9.17) is 15.6 Å². The predicted octanol–water partition coefficient (Wildman–Crippen LogP) is 1.17. The van der Waals surface area contributed by atoms with Gasteiger partial charge in [-0.15, -0.1) is 0 Å². The van der Waals surface area contributed by atoms with Gasteiger partial charge in [0.2, 0.25) is 5.95 Å². The number of aliphatic hydroxyl groups is 1. The summed E-state index contributed by atoms with van der Waals surface area (Å²) < 4.78 is 5.30. The second-order valence-electron chi connectivity index (χ2n) is 3.53. The van der Waals surface area contributed by atoms with E-state index in [-0.39, 0.29) is 13.2 Å². The van der Waals surface area contributed by atoms with Gasteiger partial charge in [0.1, 0.15) is 18.2 Å². The summed E-state index contributed by atoms with van der Waals surface area (Å²) >= 11 is 0. The number of hydrogen-bond donors (Lipinski definition) is 3. The maximum atomic E-state index is 8.69. The first kappa shape index (κ1) is 12.1. The summed E-state index contributed by atoms with van der Waals surface area (Å²) in [5.74, 6) is 1.49. The van der Waals surface area contributed by atoms with Crippen molar-refractivity contribution in [2.24, 2.45) is 0 Å². The number of anilines is 3. The molecule has 0 unspecified atom stereocenters. The lowest BCUT2D eigenvalue weighted by atomic mass is 10.3. The molecule has 6 heteroatoms. The maximum absolute atomic E-state index is 8.69. The molecule has 0 fully saturated rings. The van der Waals surface area contributed by atoms with Crippen molar-refractivity contribution < 1.29 is 9.84 Å². The van der Waals surface area contributed by atoms with Gasteiger partial charge in [-0.1, -0.05) is 6.07 Å². The fourth-order valence-electron chi connectivity index (χ4n) is 1.39. The van der Waals surface area contributed by atoms with E-state index in [0.29, 0.717) is 17.5 Å². The van der Waals surface area contributed by atoms with Crippen molar-refractivity contribution in [2.45, 2.75) is 0 Å². The van der Waals surface area contributed by atoms with Crippen molar-refractivity contribution in [3.63, 3.8) is 0 Å². The predicted molar refractivity (Wildman–Crippen MR) is 68.7 cm³/mol. The number of aromatic nitrogens is 2. The number of nitrogens with one attached hydrogen (secondary N) is 1. The molecular weight excluding hydrogens is 232 g/mol. The van der Waals surface area contributed by atoms with Crippen LogP contribution in [0.15, 0.2) is 36.5 Å². The van der Waals surface area contributed by atoms with Gasteiger partial charge in [-0.25, -0.2) is 4.98 Å². The molecule has 0 amide bonds. The van der Waals surface area contributed by atoms with Crippen molar-refractivity contribution in [2.75, 3.05) is 24.3 Å². The molecule has 0 saturated heterocycles. The standard InChI is InChI=1S/C12H14N4O2/c13-11-4-5-14-12(16-11)15-9-2-1-3-10(8-9)18-7-6-17/h1-5,8,17H,6-7H2,(H3,13,14,15,16). The zero-order valence-corrected chi connectivity index (χ0v) is 9.71. The first-order chi connectivity index (χ1) is 8.78. The van der Waals surface area contributed by atoms with E-state index in [1.165, 1.54) is 0 Å². The van der Waals surface area contributed by atoms with Crippen LogP contribution in [0.1, 0.15) is 0 Å². The molecule has 1 heterocycles. The van der Waals surface area contributed by atoms with Gasteiger partial charge in [0.15, 0.2) is 0 Å². The maximum Gasteiger partial charge on any atom is 0.229 e. The van der Waals surface area contributed by atoms with Crippen LogP contribution in [-0.2, 0) is 0 Å². The Bertz CT molecular complexity index is 519. The van der Waals surface area contributed by atoms with E-state index in [0.717, 1.165) is 5.69 Å². The van der Waals surface area contributed by atoms with E-state index < -0.39 is 0 Å². The number of aliphatic hydroxyl groups excluding tert-OH is 1. The summed E-state index contributed by atoms with van der Waals surface area (Å²) in [5, 5.41) is 11.7. The second-order valence-corrected chi connectivity index (χ2v) is 3.53. The van der Waals surface area contributed by atoms with Gasteiger partial charge < -0.3 is 20.9 Å². The fraction of sp³-hybridized carbons (Fsp3) is 0.167. The Morgan fingerprint density at radius 3 is 3.00 bits per heavy atom. The van der Waals surface area contributed by atoms with Crippen LogP contribution in [0, 0.1) is 0 Å². The molecule has 0 aliphatic carbocycles. The van der Waals surface area contributed by atoms with E-state index in [2.05, 4.69) is 15.3 Å². The van der Waals surface area contributed by atoms with Crippen molar-refractivity contribution in [1.82, 2.24) is 9.97 Å². The molecule has 2 rings (SSSR count). The monoisotopic (exact) mass is 246 g/mol. The van der Waals surface area contributed by atoms with Gasteiger partial charge >= 0.3 is 0 Å². The summed E-state index contributed by atoms with van der Waals surface area (Å²) in [5.41, 5.74) is 6.35. The van der Waals surface area contributed by atoms with Crippen LogP contribution in [0.25, 0.3) is 0 Å². The van der Waals surface area contributed by atoms with Crippen LogP contribution in [0.2, 0.25) is 0 Å². The molecule has 0 aliphatic heterocycles. The van der Waals surface area contributed by atoms with Crippen LogP contribution in [-0.4, -0.2) is 28.3 Å². The third-order valence-electron chi connectivity index (χ3n) is 2.13. The highest BCUT2D eigenvalue weighted by Gasteiger charge is 2.00. The average Bonchev–Trinajstić information content (AvgIpc) is 2.37. The molecule has 4 N–H and O–H groups in total. The highest BCUT2D eigenvalue weighted by molar-refractivity contribution is 5.56. The van der Waals surface area contributed by atoms with Crippen LogP contribution in [0.4, 0.5) is 17.5 Å². The third kappa shape index (κ3) is 3.33. The molecule has 94 valence electrons. The molecule has 0 saturated carbocycles. The summed E-state index contributed by atoms with van der Waals surface area (Å²) in [7, 11) is 0. The molecule has 2 aromatic rings. The Labute approximate surface area is 104 Å². The van der Waals surface area contributed by atoms with Gasteiger partial charge in [-0.3, -0.25) is 0 Å². The Kier molecular flexibility index (Phi) is 3.93. The smallest absolute Gasteiger partial charge is 0.229 e. The number of nitrogen functional groups attached to an aromatic ring is 1. The van der Waals surface area contributed by atoms with Crippen molar-refractivity contribution in [1.29, 1.82) is 0 Å². The molecule has 0 spiro atoms. The molecule has 18 heavy (non-hydrogen) atoms. The van der Waals surface area contributed by atoms with Gasteiger partial charge in [0, 0.05) is 18.0 Å². The zero-order chi connectivity index (χ0) is 12.8. The number of nitrogens with two attached hydrogens (primary N) is 1. The zero-order valence-electron chi connectivity index (χ0n) is 9.71. The third-order valence-corrected chi connectivity index (χ3v) is 2.13. The molecule has 0 bridgehead atoms. The highest BCUT2D eigenvalue weighted by atomic mass is 16.5. The Balaban J connectivity index is 2.09. The lowest BCUT2D eigenvalue weighted by Gasteiger charge is -2.08. The lowest BCUT2D eigenvalue weighted by molar-refractivity contribution is 0.201. The largest absolute Gasteiger partial charge is 0.491 e. The van der Waals surface area contributed by atoms with Crippen molar-refractivity contribution in [3.05, 3.63) is 36.5 Å². The molecule has 1 aromatic heterocycles. The van der Waals surface area contributed by atoms with E-state index >= 15 is 0 Å². The number of hydrogen-bond acceptors (Lipinski definition) is 6. The van der Waals surface area contributed by atoms with Gasteiger partial charge in [0.25, 0.3) is 0 Å². The fourth-order valence-corrected chi connectivity index (χ4v) is 1.39. The van der Waals surface area contributed by atoms with Crippen LogP contribution >= 0.6 is 0 Å². The first-order valence-corrected chi connectivity index (χ1v) is 5.47. The average molecular weight is 246 g/mol. The summed E-state index contributed by atoms with van der Waals surface area (Å²) in [6.07, 6.45) is 1.58. The minimum atomic E-state index is -0.0179. The van der Waals surface area contributed by atoms with Gasteiger partial charge in [-0.2, -0.15) is 4.98 Å². The van der Waals surface area contributed by atoms with Crippen LogP contribution in [0.3, 0.4) is 0 Å². The second kappa shape index (κ2) is 5.83. The van der Waals surface area contributed by atoms with Gasteiger partial charge in [-0.05, 0) is 18.2 Å². The summed E-state index contributed by atoms with van der Waals surface area (Å²) in [4.78, 5) is 8.08. The van der Waals surface area contributed by atoms with E-state index in [1.807, 2.05) is 12.1 Å². The molecular formula is C12H14N4O2. The lowest BCUT2D eigenvalue weighted by Crippen LogP contribution is -2.02. The minimum Gasteiger partial charge on any atom is -0.491 e. The molecule has 0 radical (unpaired) electrons. The Morgan fingerprint density at radius 2 is 2.22 bits per heavy atom. The molecule has 0 aliphatic rings. The Hall–Kier alpha value is -2.34. The topological polar surface area (TPSA) is 93.3 Å². The quantitative estimate of drug-likeness (QED) is 0.733. The summed E-state index contributed by atoms with van der Waals surface area (Å²) in [6, 6.07) is 8.91.